The molecule has 0 unspecified atom stereocenters. The van der Waals surface area contributed by atoms with E-state index in [-0.39, 0.29) is 6.03 Å². The van der Waals surface area contributed by atoms with Crippen molar-refractivity contribution in [1.29, 1.82) is 0 Å². The minimum absolute atomic E-state index is 0.190. The number of pyridine rings is 1. The number of benzene rings is 1. The van der Waals surface area contributed by atoms with E-state index in [2.05, 4.69) is 15.2 Å². The minimum Gasteiger partial charge on any atom is -0.497 e. The van der Waals surface area contributed by atoms with Crippen LogP contribution in [0.3, 0.4) is 0 Å². The number of halogens is 2. The van der Waals surface area contributed by atoms with Gasteiger partial charge in [-0.2, -0.15) is 0 Å². The first-order chi connectivity index (χ1) is 13.0. The second-order valence-corrected chi connectivity index (χ2v) is 6.74. The van der Waals surface area contributed by atoms with Gasteiger partial charge in [-0.15, -0.1) is 0 Å². The van der Waals surface area contributed by atoms with E-state index in [4.69, 9.17) is 32.7 Å². The molecule has 3 rings (SSSR count). The van der Waals surface area contributed by atoms with E-state index in [0.717, 1.165) is 5.69 Å². The first kappa shape index (κ1) is 19.4. The summed E-state index contributed by atoms with van der Waals surface area (Å²) in [7, 11) is 3.12. The summed E-state index contributed by atoms with van der Waals surface area (Å²) in [4.78, 5) is 20.4. The SMILES string of the molecule is COc1ccc(NC(=O)N2CCN(c3c(Cl)cncc3Cl)CC2)c(OC)c1. The molecule has 2 amide bonds. The van der Waals surface area contributed by atoms with Crippen molar-refractivity contribution >= 4 is 40.6 Å². The molecule has 2 heterocycles. The van der Waals surface area contributed by atoms with Crippen molar-refractivity contribution in [2.75, 3.05) is 50.6 Å². The van der Waals surface area contributed by atoms with E-state index in [1.54, 1.807) is 49.7 Å². The van der Waals surface area contributed by atoms with Crippen LogP contribution in [0.25, 0.3) is 0 Å². The molecule has 2 aromatic rings. The number of piperazine rings is 1. The Bertz CT molecular complexity index is 806. The van der Waals surface area contributed by atoms with Crippen molar-refractivity contribution < 1.29 is 14.3 Å². The molecule has 1 aliphatic heterocycles. The van der Waals surface area contributed by atoms with Gasteiger partial charge in [0.1, 0.15) is 11.5 Å². The molecule has 27 heavy (non-hydrogen) atoms. The van der Waals surface area contributed by atoms with Crippen LogP contribution >= 0.6 is 23.2 Å². The maximum Gasteiger partial charge on any atom is 0.322 e. The Morgan fingerprint density at radius 2 is 1.74 bits per heavy atom. The average Bonchev–Trinajstić information content (AvgIpc) is 2.68. The number of carbonyl (C=O) groups excluding carboxylic acids is 1. The molecule has 0 radical (unpaired) electrons. The quantitative estimate of drug-likeness (QED) is 0.830. The zero-order valence-corrected chi connectivity index (χ0v) is 16.5. The van der Waals surface area contributed by atoms with Crippen LogP contribution in [0, 0.1) is 0 Å². The molecule has 0 aliphatic carbocycles. The fraction of sp³-hybridized carbons (Fsp3) is 0.333. The molecule has 7 nitrogen and oxygen atoms in total. The average molecular weight is 411 g/mol. The molecular weight excluding hydrogens is 391 g/mol. The van der Waals surface area contributed by atoms with Crippen LogP contribution in [0.5, 0.6) is 11.5 Å². The number of urea groups is 1. The van der Waals surface area contributed by atoms with Crippen LogP contribution in [-0.2, 0) is 0 Å². The second kappa shape index (κ2) is 8.54. The standard InChI is InChI=1S/C18H20Cl2N4O3/c1-26-12-3-4-15(16(9-12)27-2)22-18(25)24-7-5-23(6-8-24)17-13(19)10-21-11-14(17)20/h3-4,9-11H,5-8H2,1-2H3,(H,22,25). The Morgan fingerprint density at radius 1 is 1.07 bits per heavy atom. The summed E-state index contributed by atoms with van der Waals surface area (Å²) in [6.07, 6.45) is 3.13. The van der Waals surface area contributed by atoms with Crippen LogP contribution in [0.1, 0.15) is 0 Å². The van der Waals surface area contributed by atoms with Crippen LogP contribution < -0.4 is 19.7 Å². The lowest BCUT2D eigenvalue weighted by Gasteiger charge is -2.36. The molecule has 1 aromatic carbocycles. The van der Waals surface area contributed by atoms with Gasteiger partial charge >= 0.3 is 6.03 Å². The lowest BCUT2D eigenvalue weighted by Crippen LogP contribution is -2.50. The van der Waals surface area contributed by atoms with Crippen molar-refractivity contribution in [3.05, 3.63) is 40.6 Å². The Labute approximate surface area is 167 Å². The summed E-state index contributed by atoms with van der Waals surface area (Å²) in [5, 5.41) is 3.89. The van der Waals surface area contributed by atoms with Gasteiger partial charge < -0.3 is 24.6 Å². The van der Waals surface area contributed by atoms with Crippen molar-refractivity contribution in [3.63, 3.8) is 0 Å². The van der Waals surface area contributed by atoms with E-state index >= 15 is 0 Å². The molecule has 9 heteroatoms. The topological polar surface area (TPSA) is 66.9 Å². The van der Waals surface area contributed by atoms with Gasteiger partial charge in [-0.1, -0.05) is 23.2 Å². The Kier molecular flexibility index (Phi) is 6.13. The molecule has 0 spiro atoms. The number of ether oxygens (including phenoxy) is 2. The summed E-state index contributed by atoms with van der Waals surface area (Å²) in [6.45, 7) is 2.33. The number of aromatic nitrogens is 1. The Hall–Kier alpha value is -2.38. The van der Waals surface area contributed by atoms with Gasteiger partial charge in [0.25, 0.3) is 0 Å². The smallest absolute Gasteiger partial charge is 0.322 e. The van der Waals surface area contributed by atoms with Gasteiger partial charge in [0.15, 0.2) is 0 Å². The lowest BCUT2D eigenvalue weighted by atomic mass is 10.2. The zero-order chi connectivity index (χ0) is 19.4. The predicted octanol–water partition coefficient (Wildman–Crippen LogP) is 3.76. The number of carbonyl (C=O) groups is 1. The highest BCUT2D eigenvalue weighted by atomic mass is 35.5. The predicted molar refractivity (Wildman–Crippen MR) is 107 cm³/mol. The van der Waals surface area contributed by atoms with Crippen molar-refractivity contribution in [3.8, 4) is 11.5 Å². The fourth-order valence-corrected chi connectivity index (χ4v) is 3.54. The minimum atomic E-state index is -0.190. The summed E-state index contributed by atoms with van der Waals surface area (Å²) >= 11 is 12.4. The molecule has 1 N–H and O–H groups in total. The van der Waals surface area contributed by atoms with Gasteiger partial charge in [0.2, 0.25) is 0 Å². The maximum atomic E-state index is 12.6. The Morgan fingerprint density at radius 3 is 2.33 bits per heavy atom. The number of anilines is 2. The fourth-order valence-electron chi connectivity index (χ4n) is 2.94. The number of rotatable bonds is 4. The molecule has 0 atom stereocenters. The third-order valence-electron chi connectivity index (χ3n) is 4.36. The molecule has 1 saturated heterocycles. The van der Waals surface area contributed by atoms with E-state index in [0.29, 0.717) is 53.4 Å². The summed E-state index contributed by atoms with van der Waals surface area (Å²) in [6, 6.07) is 5.05. The highest BCUT2D eigenvalue weighted by Crippen LogP contribution is 2.33. The molecular formula is C18H20Cl2N4O3. The van der Waals surface area contributed by atoms with Crippen molar-refractivity contribution in [2.45, 2.75) is 0 Å². The maximum absolute atomic E-state index is 12.6. The number of hydrogen-bond acceptors (Lipinski definition) is 5. The summed E-state index contributed by atoms with van der Waals surface area (Å²) < 4.78 is 10.5. The highest BCUT2D eigenvalue weighted by molar-refractivity contribution is 6.38. The van der Waals surface area contributed by atoms with Gasteiger partial charge in [-0.25, -0.2) is 4.79 Å². The number of methoxy groups -OCH3 is 2. The van der Waals surface area contributed by atoms with Gasteiger partial charge in [-0.3, -0.25) is 4.98 Å². The van der Waals surface area contributed by atoms with Crippen LogP contribution in [0.4, 0.5) is 16.2 Å². The largest absolute Gasteiger partial charge is 0.497 e. The third-order valence-corrected chi connectivity index (χ3v) is 4.91. The first-order valence-electron chi connectivity index (χ1n) is 8.35. The van der Waals surface area contributed by atoms with E-state index in [1.807, 2.05) is 0 Å². The second-order valence-electron chi connectivity index (χ2n) is 5.92. The number of amides is 2. The molecule has 1 fully saturated rings. The van der Waals surface area contributed by atoms with E-state index in [9.17, 15) is 4.79 Å². The van der Waals surface area contributed by atoms with Gasteiger partial charge in [0, 0.05) is 44.6 Å². The number of nitrogens with one attached hydrogen (secondary N) is 1. The first-order valence-corrected chi connectivity index (χ1v) is 9.11. The van der Waals surface area contributed by atoms with Gasteiger partial charge in [-0.05, 0) is 12.1 Å². The van der Waals surface area contributed by atoms with Crippen LogP contribution in [0.2, 0.25) is 10.0 Å². The molecule has 1 aromatic heterocycles. The third kappa shape index (κ3) is 4.31. The van der Waals surface area contributed by atoms with Gasteiger partial charge in [0.05, 0.1) is 35.6 Å². The summed E-state index contributed by atoms with van der Waals surface area (Å²) in [5.74, 6) is 1.20. The summed E-state index contributed by atoms with van der Waals surface area (Å²) in [5.41, 5.74) is 1.34. The molecule has 0 saturated carbocycles. The molecule has 0 bridgehead atoms. The van der Waals surface area contributed by atoms with Crippen molar-refractivity contribution in [2.24, 2.45) is 0 Å². The highest BCUT2D eigenvalue weighted by Gasteiger charge is 2.24. The van der Waals surface area contributed by atoms with Crippen molar-refractivity contribution in [1.82, 2.24) is 9.88 Å². The van der Waals surface area contributed by atoms with E-state index in [1.165, 1.54) is 0 Å². The lowest BCUT2D eigenvalue weighted by molar-refractivity contribution is 0.208. The monoisotopic (exact) mass is 410 g/mol. The Balaban J connectivity index is 1.64. The normalized spacial score (nSPS) is 14.1. The number of nitrogens with zero attached hydrogens (tertiary/aromatic N) is 3. The molecule has 144 valence electrons. The molecule has 1 aliphatic rings. The van der Waals surface area contributed by atoms with E-state index < -0.39 is 0 Å². The van der Waals surface area contributed by atoms with Crippen LogP contribution in [-0.4, -0.2) is 56.3 Å². The van der Waals surface area contributed by atoms with Crippen LogP contribution in [0.15, 0.2) is 30.6 Å². The zero-order valence-electron chi connectivity index (χ0n) is 15.0. The number of hydrogen-bond donors (Lipinski definition) is 1.